The van der Waals surface area contributed by atoms with Gasteiger partial charge < -0.3 is 20.1 Å². The lowest BCUT2D eigenvalue weighted by Gasteiger charge is -2.29. The SMILES string of the molecule is O[C@@H]1C[C@H]2C[C@@H]1CN2c1ncc2ncnc(Nc3ccc(Oc4ccn5ncnc5c4)c(Cl)c3)c2n1. The van der Waals surface area contributed by atoms with Gasteiger partial charge >= 0.3 is 0 Å². The zero-order chi connectivity index (χ0) is 24.2. The van der Waals surface area contributed by atoms with E-state index >= 15 is 0 Å². The van der Waals surface area contributed by atoms with Gasteiger partial charge in [0.1, 0.15) is 35.2 Å². The number of halogens is 1. The number of piperidine rings is 1. The number of benzene rings is 1. The van der Waals surface area contributed by atoms with Gasteiger partial charge in [0.05, 0.1) is 17.3 Å². The number of fused-ring (bicyclic) bond motifs is 4. The third-order valence-electron chi connectivity index (χ3n) is 6.80. The molecule has 4 aromatic heterocycles. The van der Waals surface area contributed by atoms with Crippen molar-refractivity contribution in [1.29, 1.82) is 0 Å². The Morgan fingerprint density at radius 2 is 2.00 bits per heavy atom. The number of aliphatic hydroxyl groups excluding tert-OH is 1. The third-order valence-corrected chi connectivity index (χ3v) is 7.10. The summed E-state index contributed by atoms with van der Waals surface area (Å²) in [7, 11) is 0. The highest BCUT2D eigenvalue weighted by Crippen LogP contribution is 2.40. The molecule has 0 radical (unpaired) electrons. The van der Waals surface area contributed by atoms with Crippen LogP contribution in [0.15, 0.2) is 55.4 Å². The van der Waals surface area contributed by atoms with E-state index in [0.29, 0.717) is 45.0 Å². The van der Waals surface area contributed by atoms with Gasteiger partial charge in [-0.2, -0.15) is 5.10 Å². The summed E-state index contributed by atoms with van der Waals surface area (Å²) in [6, 6.07) is 9.25. The Morgan fingerprint density at radius 1 is 1.06 bits per heavy atom. The average molecular weight is 502 g/mol. The second-order valence-corrected chi connectivity index (χ2v) is 9.44. The first kappa shape index (κ1) is 21.2. The van der Waals surface area contributed by atoms with Crippen molar-refractivity contribution < 1.29 is 9.84 Å². The highest BCUT2D eigenvalue weighted by molar-refractivity contribution is 6.32. The number of nitrogens with zero attached hydrogens (tertiary/aromatic N) is 8. The monoisotopic (exact) mass is 501 g/mol. The summed E-state index contributed by atoms with van der Waals surface area (Å²) in [6.45, 7) is 0.759. The quantitative estimate of drug-likeness (QED) is 0.368. The van der Waals surface area contributed by atoms with Gasteiger partial charge in [-0.3, -0.25) is 0 Å². The summed E-state index contributed by atoms with van der Waals surface area (Å²) in [5, 5.41) is 17.9. The first-order valence-electron chi connectivity index (χ1n) is 11.6. The predicted octanol–water partition coefficient (Wildman–Crippen LogP) is 3.61. The van der Waals surface area contributed by atoms with Crippen LogP contribution < -0.4 is 15.0 Å². The number of rotatable bonds is 5. The Morgan fingerprint density at radius 3 is 2.83 bits per heavy atom. The highest BCUT2D eigenvalue weighted by Gasteiger charge is 2.44. The Hall–Kier alpha value is -4.09. The van der Waals surface area contributed by atoms with Crippen LogP contribution in [0.1, 0.15) is 12.8 Å². The lowest BCUT2D eigenvalue weighted by molar-refractivity contribution is 0.126. The molecule has 5 heterocycles. The molecule has 1 aliphatic heterocycles. The van der Waals surface area contributed by atoms with Gasteiger partial charge in [0.25, 0.3) is 0 Å². The van der Waals surface area contributed by atoms with Crippen molar-refractivity contribution in [2.45, 2.75) is 25.0 Å². The number of pyridine rings is 1. The fraction of sp³-hybridized carbons (Fsp3) is 0.250. The van der Waals surface area contributed by atoms with E-state index in [1.807, 2.05) is 6.07 Å². The fourth-order valence-electron chi connectivity index (χ4n) is 5.03. The van der Waals surface area contributed by atoms with Crippen molar-refractivity contribution in [3.05, 3.63) is 60.4 Å². The zero-order valence-electron chi connectivity index (χ0n) is 18.9. The molecule has 7 rings (SSSR count). The van der Waals surface area contributed by atoms with Gasteiger partial charge in [0.2, 0.25) is 5.95 Å². The standard InChI is InChI=1S/C24H20ClN9O2/c25-17-6-14(1-2-20(17)36-16-3-4-34-21(8-16)28-12-30-34)31-23-22-18(27-11-29-23)9-26-24(32-22)33-10-13-5-15(33)7-19(13)35/h1-4,6,8-9,11-13,15,19,35H,5,7,10H2,(H,27,29,31)/t13-,15-,19-/m1/s1. The van der Waals surface area contributed by atoms with E-state index in [0.717, 1.165) is 25.1 Å². The molecule has 36 heavy (non-hydrogen) atoms. The van der Waals surface area contributed by atoms with Crippen molar-refractivity contribution in [1.82, 2.24) is 34.5 Å². The van der Waals surface area contributed by atoms with Gasteiger partial charge in [-0.1, -0.05) is 11.6 Å². The van der Waals surface area contributed by atoms with Crippen LogP contribution in [0.5, 0.6) is 11.5 Å². The molecule has 2 fully saturated rings. The third kappa shape index (κ3) is 3.64. The van der Waals surface area contributed by atoms with Gasteiger partial charge in [0.15, 0.2) is 11.5 Å². The minimum Gasteiger partial charge on any atom is -0.456 e. The van der Waals surface area contributed by atoms with Crippen LogP contribution in [0.25, 0.3) is 16.7 Å². The second-order valence-electron chi connectivity index (χ2n) is 9.03. The predicted molar refractivity (Wildman–Crippen MR) is 133 cm³/mol. The topological polar surface area (TPSA) is 126 Å². The van der Waals surface area contributed by atoms with E-state index in [4.69, 9.17) is 21.3 Å². The molecule has 0 unspecified atom stereocenters. The lowest BCUT2D eigenvalue weighted by Crippen LogP contribution is -2.38. The van der Waals surface area contributed by atoms with Crippen LogP contribution >= 0.6 is 11.6 Å². The van der Waals surface area contributed by atoms with E-state index in [1.54, 1.807) is 41.2 Å². The summed E-state index contributed by atoms with van der Waals surface area (Å²) in [4.78, 5) is 24.4. The molecule has 2 N–H and O–H groups in total. The summed E-state index contributed by atoms with van der Waals surface area (Å²) >= 11 is 6.54. The van der Waals surface area contributed by atoms with Crippen LogP contribution in [-0.2, 0) is 0 Å². The van der Waals surface area contributed by atoms with E-state index in [-0.39, 0.29) is 18.1 Å². The molecule has 180 valence electrons. The Labute approximate surface area is 209 Å². The smallest absolute Gasteiger partial charge is 0.226 e. The maximum Gasteiger partial charge on any atom is 0.226 e. The molecule has 1 saturated heterocycles. The van der Waals surface area contributed by atoms with Gasteiger partial charge in [-0.15, -0.1) is 0 Å². The molecule has 3 atom stereocenters. The Balaban J connectivity index is 1.14. The van der Waals surface area contributed by atoms with E-state index in [9.17, 15) is 5.11 Å². The molecule has 2 bridgehead atoms. The van der Waals surface area contributed by atoms with Crippen molar-refractivity contribution in [2.24, 2.45) is 5.92 Å². The van der Waals surface area contributed by atoms with E-state index in [2.05, 4.69) is 35.3 Å². The maximum absolute atomic E-state index is 10.1. The molecular weight excluding hydrogens is 482 g/mol. The number of hydrogen-bond donors (Lipinski definition) is 2. The average Bonchev–Trinajstić information content (AvgIpc) is 3.61. The van der Waals surface area contributed by atoms with Crippen molar-refractivity contribution in [2.75, 3.05) is 16.8 Å². The fourth-order valence-corrected chi connectivity index (χ4v) is 5.25. The number of nitrogens with one attached hydrogen (secondary N) is 1. The van der Waals surface area contributed by atoms with Crippen LogP contribution in [0.3, 0.4) is 0 Å². The summed E-state index contributed by atoms with van der Waals surface area (Å²) in [5.41, 5.74) is 2.65. The molecule has 11 nitrogen and oxygen atoms in total. The van der Waals surface area contributed by atoms with Crippen LogP contribution in [0, 0.1) is 5.92 Å². The number of anilines is 3. The Kier molecular flexibility index (Phi) is 4.86. The second kappa shape index (κ2) is 8.25. The molecule has 5 aromatic rings. The van der Waals surface area contributed by atoms with Gasteiger partial charge in [-0.25, -0.2) is 29.4 Å². The van der Waals surface area contributed by atoms with Crippen molar-refractivity contribution in [3.63, 3.8) is 0 Å². The summed E-state index contributed by atoms with van der Waals surface area (Å²) in [5.74, 6) is 2.57. The number of aliphatic hydroxyl groups is 1. The first-order valence-corrected chi connectivity index (χ1v) is 11.9. The normalized spacial score (nSPS) is 20.9. The maximum atomic E-state index is 10.1. The van der Waals surface area contributed by atoms with Gasteiger partial charge in [0, 0.05) is 36.5 Å². The molecule has 12 heteroatoms. The number of aromatic nitrogens is 7. The molecular formula is C24H20ClN9O2. The molecule has 2 aliphatic rings. The molecule has 1 aliphatic carbocycles. The summed E-state index contributed by atoms with van der Waals surface area (Å²) < 4.78 is 7.61. The van der Waals surface area contributed by atoms with Crippen LogP contribution in [-0.4, -0.2) is 58.3 Å². The largest absolute Gasteiger partial charge is 0.456 e. The van der Waals surface area contributed by atoms with Crippen LogP contribution in [0.2, 0.25) is 5.02 Å². The van der Waals surface area contributed by atoms with Crippen molar-refractivity contribution >= 4 is 45.7 Å². The molecule has 0 amide bonds. The van der Waals surface area contributed by atoms with Gasteiger partial charge in [-0.05, 0) is 37.1 Å². The van der Waals surface area contributed by atoms with E-state index < -0.39 is 0 Å². The van der Waals surface area contributed by atoms with E-state index in [1.165, 1.54) is 12.7 Å². The minimum atomic E-state index is -0.227. The number of ether oxygens (including phenoxy) is 1. The lowest BCUT2D eigenvalue weighted by atomic mass is 10.1. The zero-order valence-corrected chi connectivity index (χ0v) is 19.6. The Bertz CT molecular complexity index is 1610. The molecule has 1 aromatic carbocycles. The summed E-state index contributed by atoms with van der Waals surface area (Å²) in [6.07, 6.45) is 7.94. The highest BCUT2D eigenvalue weighted by atomic mass is 35.5. The molecule has 1 saturated carbocycles. The minimum absolute atomic E-state index is 0.227. The number of hydrogen-bond acceptors (Lipinski definition) is 10. The first-order chi connectivity index (χ1) is 17.6. The van der Waals surface area contributed by atoms with Crippen molar-refractivity contribution in [3.8, 4) is 11.5 Å². The molecule has 0 spiro atoms. The van der Waals surface area contributed by atoms with Crippen LogP contribution in [0.4, 0.5) is 17.5 Å².